The quantitative estimate of drug-likeness (QED) is 0.747. The zero-order valence-corrected chi connectivity index (χ0v) is 8.73. The summed E-state index contributed by atoms with van der Waals surface area (Å²) in [5.74, 6) is 0.381. The molecule has 0 aliphatic carbocycles. The highest BCUT2D eigenvalue weighted by atomic mass is 16.5. The Hall–Kier alpha value is -1.91. The standard InChI is InChI=1S/C10H13N3O2/c1-3-4-9(11-2)10(14)12-7-8-5-6-13-15-8/h3-6H,7H2,1-2H3,(H,12,14)/b4-3-,11-9?. The fourth-order valence-electron chi connectivity index (χ4n) is 1.00. The molecule has 0 saturated heterocycles. The highest BCUT2D eigenvalue weighted by Gasteiger charge is 2.07. The van der Waals surface area contributed by atoms with E-state index < -0.39 is 0 Å². The summed E-state index contributed by atoms with van der Waals surface area (Å²) in [6.07, 6.45) is 4.94. The van der Waals surface area contributed by atoms with Crippen molar-refractivity contribution in [3.63, 3.8) is 0 Å². The maximum absolute atomic E-state index is 11.5. The molecule has 1 rings (SSSR count). The summed E-state index contributed by atoms with van der Waals surface area (Å²) in [5.41, 5.74) is 0.386. The second kappa shape index (κ2) is 5.74. The van der Waals surface area contributed by atoms with Gasteiger partial charge in [-0.3, -0.25) is 9.79 Å². The van der Waals surface area contributed by atoms with Gasteiger partial charge in [0, 0.05) is 13.1 Å². The molecule has 1 heterocycles. The molecular weight excluding hydrogens is 194 g/mol. The van der Waals surface area contributed by atoms with Gasteiger partial charge in [-0.25, -0.2) is 0 Å². The fraction of sp³-hybridized carbons (Fsp3) is 0.300. The third-order valence-corrected chi connectivity index (χ3v) is 1.71. The minimum atomic E-state index is -0.230. The van der Waals surface area contributed by atoms with Gasteiger partial charge in [-0.15, -0.1) is 0 Å². The van der Waals surface area contributed by atoms with E-state index >= 15 is 0 Å². The molecule has 5 nitrogen and oxygen atoms in total. The van der Waals surface area contributed by atoms with E-state index in [1.165, 1.54) is 6.20 Å². The van der Waals surface area contributed by atoms with Crippen molar-refractivity contribution in [2.24, 2.45) is 4.99 Å². The van der Waals surface area contributed by atoms with Gasteiger partial charge < -0.3 is 9.84 Å². The van der Waals surface area contributed by atoms with E-state index in [0.29, 0.717) is 18.0 Å². The number of allylic oxidation sites excluding steroid dienone is 1. The number of hydrogen-bond donors (Lipinski definition) is 1. The molecule has 0 spiro atoms. The highest BCUT2D eigenvalue weighted by molar-refractivity contribution is 6.43. The van der Waals surface area contributed by atoms with Crippen molar-refractivity contribution in [1.82, 2.24) is 10.5 Å². The fourth-order valence-corrected chi connectivity index (χ4v) is 1.00. The number of rotatable bonds is 4. The van der Waals surface area contributed by atoms with Crippen LogP contribution >= 0.6 is 0 Å². The van der Waals surface area contributed by atoms with Gasteiger partial charge in [-0.1, -0.05) is 11.2 Å². The molecular formula is C10H13N3O2. The zero-order chi connectivity index (χ0) is 11.1. The van der Waals surface area contributed by atoms with Crippen LogP contribution < -0.4 is 5.32 Å². The van der Waals surface area contributed by atoms with E-state index in [1.807, 2.05) is 6.92 Å². The van der Waals surface area contributed by atoms with Crippen molar-refractivity contribution >= 4 is 11.6 Å². The van der Waals surface area contributed by atoms with Crippen molar-refractivity contribution in [2.45, 2.75) is 13.5 Å². The molecule has 0 unspecified atom stereocenters. The van der Waals surface area contributed by atoms with Crippen molar-refractivity contribution < 1.29 is 9.32 Å². The largest absolute Gasteiger partial charge is 0.360 e. The van der Waals surface area contributed by atoms with Crippen molar-refractivity contribution in [2.75, 3.05) is 7.05 Å². The average Bonchev–Trinajstić information content (AvgIpc) is 2.75. The van der Waals surface area contributed by atoms with Crippen LogP contribution in [0.5, 0.6) is 0 Å². The third kappa shape index (κ3) is 3.38. The van der Waals surface area contributed by atoms with E-state index in [1.54, 1.807) is 25.3 Å². The Balaban J connectivity index is 2.49. The number of aliphatic imine (C=N–C) groups is 1. The summed E-state index contributed by atoms with van der Waals surface area (Å²) in [4.78, 5) is 15.4. The molecule has 0 aliphatic heterocycles. The van der Waals surface area contributed by atoms with Crippen molar-refractivity contribution in [1.29, 1.82) is 0 Å². The van der Waals surface area contributed by atoms with Crippen LogP contribution in [0.3, 0.4) is 0 Å². The first-order valence-electron chi connectivity index (χ1n) is 4.55. The number of nitrogens with one attached hydrogen (secondary N) is 1. The van der Waals surface area contributed by atoms with E-state index in [-0.39, 0.29) is 5.91 Å². The number of amides is 1. The predicted molar refractivity (Wildman–Crippen MR) is 56.5 cm³/mol. The minimum absolute atomic E-state index is 0.230. The van der Waals surface area contributed by atoms with E-state index in [0.717, 1.165) is 0 Å². The van der Waals surface area contributed by atoms with Gasteiger partial charge in [0.1, 0.15) is 5.71 Å². The van der Waals surface area contributed by atoms with Crippen LogP contribution in [0.15, 0.2) is 33.9 Å². The SMILES string of the molecule is C/C=C\C(=NC)C(=O)NCc1ccno1. The smallest absolute Gasteiger partial charge is 0.269 e. The minimum Gasteiger partial charge on any atom is -0.360 e. The molecule has 1 aromatic heterocycles. The number of nitrogens with zero attached hydrogens (tertiary/aromatic N) is 2. The average molecular weight is 207 g/mol. The highest BCUT2D eigenvalue weighted by Crippen LogP contribution is 1.95. The van der Waals surface area contributed by atoms with Gasteiger partial charge in [-0.05, 0) is 13.0 Å². The van der Waals surface area contributed by atoms with E-state index in [2.05, 4.69) is 15.5 Å². The molecule has 0 atom stereocenters. The molecule has 0 saturated carbocycles. The summed E-state index contributed by atoms with van der Waals surface area (Å²) in [5, 5.41) is 6.20. The van der Waals surface area contributed by atoms with E-state index in [9.17, 15) is 4.79 Å². The Morgan fingerprint density at radius 2 is 2.53 bits per heavy atom. The number of carbonyl (C=O) groups is 1. The van der Waals surface area contributed by atoms with Crippen LogP contribution in [0.2, 0.25) is 0 Å². The van der Waals surface area contributed by atoms with E-state index in [4.69, 9.17) is 4.52 Å². The maximum Gasteiger partial charge on any atom is 0.269 e. The molecule has 1 N–H and O–H groups in total. The molecule has 0 aromatic carbocycles. The lowest BCUT2D eigenvalue weighted by atomic mass is 10.3. The summed E-state index contributed by atoms with van der Waals surface area (Å²) >= 11 is 0. The Bertz CT molecular complexity index is 366. The second-order valence-electron chi connectivity index (χ2n) is 2.77. The summed E-state index contributed by atoms with van der Waals surface area (Å²) in [6, 6.07) is 1.69. The predicted octanol–water partition coefficient (Wildman–Crippen LogP) is 0.938. The molecule has 0 bridgehead atoms. The number of aromatic nitrogens is 1. The van der Waals surface area contributed by atoms with Crippen LogP contribution in [0.1, 0.15) is 12.7 Å². The Morgan fingerprint density at radius 3 is 3.07 bits per heavy atom. The first-order chi connectivity index (χ1) is 7.27. The van der Waals surface area contributed by atoms with Gasteiger partial charge >= 0.3 is 0 Å². The van der Waals surface area contributed by atoms with Crippen LogP contribution in [0.25, 0.3) is 0 Å². The topological polar surface area (TPSA) is 67.5 Å². The van der Waals surface area contributed by atoms with Gasteiger partial charge in [-0.2, -0.15) is 0 Å². The lowest BCUT2D eigenvalue weighted by Gasteiger charge is -2.01. The van der Waals surface area contributed by atoms with Crippen molar-refractivity contribution in [3.8, 4) is 0 Å². The molecule has 0 aliphatic rings. The Morgan fingerprint density at radius 1 is 1.73 bits per heavy atom. The molecule has 5 heteroatoms. The summed E-state index contributed by atoms with van der Waals surface area (Å²) < 4.78 is 4.83. The van der Waals surface area contributed by atoms with Gasteiger partial charge in [0.15, 0.2) is 5.76 Å². The van der Waals surface area contributed by atoms with Crippen LogP contribution in [-0.2, 0) is 11.3 Å². The van der Waals surface area contributed by atoms with Crippen LogP contribution in [-0.4, -0.2) is 23.8 Å². The first-order valence-corrected chi connectivity index (χ1v) is 4.55. The molecule has 0 fully saturated rings. The maximum atomic E-state index is 11.5. The second-order valence-corrected chi connectivity index (χ2v) is 2.77. The molecule has 0 radical (unpaired) electrons. The van der Waals surface area contributed by atoms with Gasteiger partial charge in [0.25, 0.3) is 5.91 Å². The lowest BCUT2D eigenvalue weighted by molar-refractivity contribution is -0.115. The normalized spacial score (nSPS) is 12.0. The van der Waals surface area contributed by atoms with Crippen molar-refractivity contribution in [3.05, 3.63) is 30.2 Å². The van der Waals surface area contributed by atoms with Crippen LogP contribution in [0, 0.1) is 0 Å². The molecule has 15 heavy (non-hydrogen) atoms. The molecule has 1 amide bonds. The van der Waals surface area contributed by atoms with Crippen LogP contribution in [0.4, 0.5) is 0 Å². The third-order valence-electron chi connectivity index (χ3n) is 1.71. The lowest BCUT2D eigenvalue weighted by Crippen LogP contribution is -2.29. The molecule has 1 aromatic rings. The summed E-state index contributed by atoms with van der Waals surface area (Å²) in [6.45, 7) is 2.14. The monoisotopic (exact) mass is 207 g/mol. The molecule has 80 valence electrons. The number of carbonyl (C=O) groups excluding carboxylic acids is 1. The Labute approximate surface area is 87.9 Å². The first kappa shape index (κ1) is 11.2. The van der Waals surface area contributed by atoms with Gasteiger partial charge in [0.05, 0.1) is 12.7 Å². The summed E-state index contributed by atoms with van der Waals surface area (Å²) in [7, 11) is 1.57. The zero-order valence-electron chi connectivity index (χ0n) is 8.73. The Kier molecular flexibility index (Phi) is 4.28. The number of hydrogen-bond acceptors (Lipinski definition) is 4. The van der Waals surface area contributed by atoms with Gasteiger partial charge in [0.2, 0.25) is 0 Å².